The average molecular weight is 277 g/mol. The van der Waals surface area contributed by atoms with Crippen molar-refractivity contribution in [2.75, 3.05) is 5.32 Å². The number of hydrogen-bond donors (Lipinski definition) is 2. The highest BCUT2D eigenvalue weighted by Gasteiger charge is 2.48. The summed E-state index contributed by atoms with van der Waals surface area (Å²) in [7, 11) is 0. The van der Waals surface area contributed by atoms with Crippen molar-refractivity contribution in [3.05, 3.63) is 24.3 Å². The van der Waals surface area contributed by atoms with Crippen molar-refractivity contribution < 1.29 is 19.4 Å². The molecule has 0 saturated heterocycles. The van der Waals surface area contributed by atoms with Gasteiger partial charge in [0, 0.05) is 5.69 Å². The van der Waals surface area contributed by atoms with E-state index < -0.39 is 17.8 Å². The molecular formula is C15H19NO4. The second-order valence-electron chi connectivity index (χ2n) is 5.14. The second-order valence-corrected chi connectivity index (χ2v) is 5.14. The number of benzene rings is 1. The van der Waals surface area contributed by atoms with Crippen molar-refractivity contribution in [1.82, 2.24) is 0 Å². The highest BCUT2D eigenvalue weighted by molar-refractivity contribution is 5.98. The van der Waals surface area contributed by atoms with Crippen molar-refractivity contribution >= 4 is 17.6 Å². The molecule has 0 aromatic heterocycles. The Balaban J connectivity index is 1.88. The van der Waals surface area contributed by atoms with E-state index in [2.05, 4.69) is 5.32 Å². The van der Waals surface area contributed by atoms with E-state index in [9.17, 15) is 9.59 Å². The van der Waals surface area contributed by atoms with E-state index in [1.54, 1.807) is 24.3 Å². The Hall–Kier alpha value is -2.04. The van der Waals surface area contributed by atoms with Gasteiger partial charge in [0.25, 0.3) is 0 Å². The number of nitrogens with one attached hydrogen (secondary N) is 1. The van der Waals surface area contributed by atoms with Gasteiger partial charge in [-0.1, -0.05) is 6.92 Å². The Morgan fingerprint density at radius 3 is 2.50 bits per heavy atom. The molecule has 20 heavy (non-hydrogen) atoms. The average Bonchev–Trinajstić information content (AvgIpc) is 3.21. The molecule has 0 heterocycles. The topological polar surface area (TPSA) is 75.6 Å². The Morgan fingerprint density at radius 1 is 1.35 bits per heavy atom. The molecule has 0 spiro atoms. The molecule has 5 heteroatoms. The van der Waals surface area contributed by atoms with Gasteiger partial charge in [-0.25, -0.2) is 0 Å². The van der Waals surface area contributed by atoms with Crippen LogP contribution in [0, 0.1) is 11.8 Å². The number of amides is 1. The number of carboxylic acids is 1. The fourth-order valence-electron chi connectivity index (χ4n) is 1.93. The first-order valence-corrected chi connectivity index (χ1v) is 6.81. The predicted molar refractivity (Wildman–Crippen MR) is 74.7 cm³/mol. The van der Waals surface area contributed by atoms with Gasteiger partial charge >= 0.3 is 5.97 Å². The molecule has 3 atom stereocenters. The molecule has 0 aliphatic heterocycles. The molecule has 0 unspecified atom stereocenters. The van der Waals surface area contributed by atoms with Gasteiger partial charge in [-0.15, -0.1) is 0 Å². The van der Waals surface area contributed by atoms with E-state index in [1.807, 2.05) is 13.8 Å². The molecule has 2 N–H and O–H groups in total. The van der Waals surface area contributed by atoms with Crippen molar-refractivity contribution in [3.8, 4) is 5.75 Å². The van der Waals surface area contributed by atoms with Crippen LogP contribution in [0.3, 0.4) is 0 Å². The largest absolute Gasteiger partial charge is 0.491 e. The van der Waals surface area contributed by atoms with Crippen LogP contribution in [0.5, 0.6) is 5.75 Å². The van der Waals surface area contributed by atoms with E-state index in [0.29, 0.717) is 12.1 Å². The van der Waals surface area contributed by atoms with Crippen molar-refractivity contribution in [1.29, 1.82) is 0 Å². The summed E-state index contributed by atoms with van der Waals surface area (Å²) >= 11 is 0. The van der Waals surface area contributed by atoms with Gasteiger partial charge in [-0.2, -0.15) is 0 Å². The van der Waals surface area contributed by atoms with Crippen molar-refractivity contribution in [2.45, 2.75) is 32.8 Å². The summed E-state index contributed by atoms with van der Waals surface area (Å²) in [6.45, 7) is 4.04. The predicted octanol–water partition coefficient (Wildman–Crippen LogP) is 2.52. The van der Waals surface area contributed by atoms with Crippen molar-refractivity contribution in [2.24, 2.45) is 11.8 Å². The highest BCUT2D eigenvalue weighted by atomic mass is 16.5. The molecule has 1 aliphatic rings. The van der Waals surface area contributed by atoms with E-state index in [4.69, 9.17) is 9.84 Å². The Bertz CT molecular complexity index is 497. The van der Waals surface area contributed by atoms with E-state index in [0.717, 1.165) is 12.2 Å². The van der Waals surface area contributed by atoms with Crippen LogP contribution in [0.25, 0.3) is 0 Å². The van der Waals surface area contributed by atoms with Crippen LogP contribution in [-0.4, -0.2) is 23.1 Å². The fraction of sp³-hybridized carbons (Fsp3) is 0.467. The zero-order chi connectivity index (χ0) is 14.7. The fourth-order valence-corrected chi connectivity index (χ4v) is 1.93. The molecule has 5 nitrogen and oxygen atoms in total. The zero-order valence-electron chi connectivity index (χ0n) is 11.6. The standard InChI is InChI=1S/C15H19NO4/c1-3-9(2)20-11-6-4-10(5-7-11)16-14(17)12-8-13(12)15(18)19/h4-7,9,12-13H,3,8H2,1-2H3,(H,16,17)(H,18,19)/t9-,12-,13+/m0/s1. The lowest BCUT2D eigenvalue weighted by Gasteiger charge is -2.13. The molecule has 108 valence electrons. The number of carboxylic acid groups (broad SMARTS) is 1. The van der Waals surface area contributed by atoms with Gasteiger partial charge in [0.05, 0.1) is 17.9 Å². The minimum absolute atomic E-state index is 0.151. The molecule has 0 radical (unpaired) electrons. The zero-order valence-corrected chi connectivity index (χ0v) is 11.6. The smallest absolute Gasteiger partial charge is 0.307 e. The Labute approximate surface area is 117 Å². The summed E-state index contributed by atoms with van der Waals surface area (Å²) in [6, 6.07) is 7.11. The molecule has 0 bridgehead atoms. The van der Waals surface area contributed by atoms with Crippen LogP contribution >= 0.6 is 0 Å². The lowest BCUT2D eigenvalue weighted by Crippen LogP contribution is -2.16. The molecule has 1 fully saturated rings. The number of aliphatic carboxylic acids is 1. The summed E-state index contributed by atoms with van der Waals surface area (Å²) in [4.78, 5) is 22.5. The van der Waals surface area contributed by atoms with Gasteiger partial charge in [0.15, 0.2) is 0 Å². The molecule has 2 rings (SSSR count). The van der Waals surface area contributed by atoms with E-state index in [-0.39, 0.29) is 12.0 Å². The third-order valence-electron chi connectivity index (χ3n) is 3.48. The number of hydrogen-bond acceptors (Lipinski definition) is 3. The normalized spacial score (nSPS) is 21.9. The quantitative estimate of drug-likeness (QED) is 0.837. The maximum absolute atomic E-state index is 11.8. The summed E-state index contributed by atoms with van der Waals surface area (Å²) in [6.07, 6.45) is 1.51. The van der Waals surface area contributed by atoms with Crippen LogP contribution < -0.4 is 10.1 Å². The Morgan fingerprint density at radius 2 is 2.00 bits per heavy atom. The first kappa shape index (κ1) is 14.4. The minimum atomic E-state index is -0.901. The van der Waals surface area contributed by atoms with Crippen LogP contribution in [-0.2, 0) is 9.59 Å². The third kappa shape index (κ3) is 3.50. The van der Waals surface area contributed by atoms with Crippen LogP contribution in [0.15, 0.2) is 24.3 Å². The molecule has 1 aliphatic carbocycles. The minimum Gasteiger partial charge on any atom is -0.491 e. The molecule has 1 saturated carbocycles. The van der Waals surface area contributed by atoms with E-state index in [1.165, 1.54) is 0 Å². The maximum Gasteiger partial charge on any atom is 0.307 e. The first-order chi connectivity index (χ1) is 9.51. The number of rotatable bonds is 6. The van der Waals surface area contributed by atoms with E-state index >= 15 is 0 Å². The van der Waals surface area contributed by atoms with Gasteiger partial charge in [-0.05, 0) is 44.0 Å². The van der Waals surface area contributed by atoms with Crippen molar-refractivity contribution in [3.63, 3.8) is 0 Å². The first-order valence-electron chi connectivity index (χ1n) is 6.81. The summed E-state index contributed by atoms with van der Waals surface area (Å²) in [5.74, 6) is -1.30. The lowest BCUT2D eigenvalue weighted by molar-refractivity contribution is -0.139. The van der Waals surface area contributed by atoms with Crippen LogP contribution in [0.2, 0.25) is 0 Å². The van der Waals surface area contributed by atoms with Gasteiger partial charge in [0.2, 0.25) is 5.91 Å². The lowest BCUT2D eigenvalue weighted by atomic mass is 10.2. The van der Waals surface area contributed by atoms with Gasteiger partial charge < -0.3 is 15.2 Å². The summed E-state index contributed by atoms with van der Waals surface area (Å²) < 4.78 is 5.64. The maximum atomic E-state index is 11.8. The molecule has 1 amide bonds. The van der Waals surface area contributed by atoms with Crippen LogP contribution in [0.1, 0.15) is 26.7 Å². The molecule has 1 aromatic carbocycles. The SMILES string of the molecule is CC[C@H](C)Oc1ccc(NC(=O)[C@H]2C[C@H]2C(=O)O)cc1. The van der Waals surface area contributed by atoms with Crippen LogP contribution in [0.4, 0.5) is 5.69 Å². The monoisotopic (exact) mass is 277 g/mol. The molecule has 1 aromatic rings. The number of carbonyl (C=O) groups is 2. The molecular weight excluding hydrogens is 258 g/mol. The van der Waals surface area contributed by atoms with Gasteiger partial charge in [0.1, 0.15) is 5.75 Å². The number of ether oxygens (including phenoxy) is 1. The Kier molecular flexibility index (Phi) is 4.27. The highest BCUT2D eigenvalue weighted by Crippen LogP contribution is 2.39. The van der Waals surface area contributed by atoms with Gasteiger partial charge in [-0.3, -0.25) is 9.59 Å². The number of carbonyl (C=O) groups excluding carboxylic acids is 1. The third-order valence-corrected chi connectivity index (χ3v) is 3.48. The number of anilines is 1. The summed E-state index contributed by atoms with van der Waals surface area (Å²) in [5.41, 5.74) is 0.655. The summed E-state index contributed by atoms with van der Waals surface area (Å²) in [5, 5.41) is 11.5. The second kappa shape index (κ2) is 5.94.